The van der Waals surface area contributed by atoms with Gasteiger partial charge in [-0.3, -0.25) is 4.90 Å². The van der Waals surface area contributed by atoms with Crippen molar-refractivity contribution in [2.45, 2.75) is 31.9 Å². The highest BCUT2D eigenvalue weighted by Gasteiger charge is 2.30. The predicted molar refractivity (Wildman–Crippen MR) is 88.4 cm³/mol. The van der Waals surface area contributed by atoms with Crippen LogP contribution in [0.25, 0.3) is 0 Å². The summed E-state index contributed by atoms with van der Waals surface area (Å²) in [5.74, 6) is 0. The molecule has 0 spiro atoms. The van der Waals surface area contributed by atoms with E-state index in [-0.39, 0.29) is 0 Å². The molecule has 1 saturated heterocycles. The first-order valence-electron chi connectivity index (χ1n) is 7.28. The van der Waals surface area contributed by atoms with Gasteiger partial charge in [0.15, 0.2) is 0 Å². The summed E-state index contributed by atoms with van der Waals surface area (Å²) in [6.45, 7) is 4.81. The molecule has 116 valence electrons. The molecule has 0 aromatic heterocycles. The predicted octanol–water partition coefficient (Wildman–Crippen LogP) is 1.60. The molecule has 1 aromatic rings. The molecule has 3 N–H and O–H groups in total. The number of hydrogen-bond acceptors (Lipinski definition) is 4. The number of thiocarbonyl (C=S) groups is 1. The first-order valence-corrected chi connectivity index (χ1v) is 7.68. The zero-order chi connectivity index (χ0) is 15.5. The lowest BCUT2D eigenvalue weighted by molar-refractivity contribution is -0.0777. The van der Waals surface area contributed by atoms with Gasteiger partial charge in [0.2, 0.25) is 0 Å². The van der Waals surface area contributed by atoms with Crippen molar-refractivity contribution in [2.75, 3.05) is 26.8 Å². The highest BCUT2D eigenvalue weighted by molar-refractivity contribution is 7.80. The van der Waals surface area contributed by atoms with Crippen molar-refractivity contribution in [1.82, 2.24) is 4.90 Å². The number of likely N-dealkylation sites (N-methyl/N-ethyl adjacent to an activating group) is 1. The van der Waals surface area contributed by atoms with E-state index in [1.165, 1.54) is 11.1 Å². The summed E-state index contributed by atoms with van der Waals surface area (Å²) in [6, 6.07) is 6.05. The number of nitrogens with zero attached hydrogens (tertiary/aromatic N) is 1. The van der Waals surface area contributed by atoms with Gasteiger partial charge in [0.1, 0.15) is 4.99 Å². The summed E-state index contributed by atoms with van der Waals surface area (Å²) < 4.78 is 5.32. The molecule has 2 rings (SSSR count). The van der Waals surface area contributed by atoms with Gasteiger partial charge in [-0.05, 0) is 31.2 Å². The summed E-state index contributed by atoms with van der Waals surface area (Å²) in [4.78, 5) is 2.59. The molecule has 0 aliphatic carbocycles. The van der Waals surface area contributed by atoms with Crippen LogP contribution in [-0.2, 0) is 11.3 Å². The number of ether oxygens (including phenoxy) is 1. The second-order valence-electron chi connectivity index (χ2n) is 6.01. The van der Waals surface area contributed by atoms with Gasteiger partial charge in [-0.1, -0.05) is 24.4 Å². The van der Waals surface area contributed by atoms with Gasteiger partial charge in [0, 0.05) is 44.7 Å². The first-order chi connectivity index (χ1) is 9.89. The lowest BCUT2D eigenvalue weighted by atomic mass is 9.93. The quantitative estimate of drug-likeness (QED) is 0.809. The van der Waals surface area contributed by atoms with Crippen LogP contribution >= 0.6 is 12.2 Å². The molecule has 0 saturated carbocycles. The Labute approximate surface area is 131 Å². The number of aliphatic hydroxyl groups is 1. The number of rotatable bonds is 5. The van der Waals surface area contributed by atoms with E-state index < -0.39 is 5.60 Å². The Kier molecular flexibility index (Phi) is 5.32. The van der Waals surface area contributed by atoms with E-state index in [9.17, 15) is 5.11 Å². The fourth-order valence-electron chi connectivity index (χ4n) is 2.79. The third-order valence-electron chi connectivity index (χ3n) is 4.06. The van der Waals surface area contributed by atoms with Crippen molar-refractivity contribution in [3.8, 4) is 0 Å². The summed E-state index contributed by atoms with van der Waals surface area (Å²) in [6.07, 6.45) is 1.41. The molecule has 1 fully saturated rings. The minimum atomic E-state index is -0.625. The van der Waals surface area contributed by atoms with Crippen LogP contribution < -0.4 is 5.73 Å². The van der Waals surface area contributed by atoms with Crippen LogP contribution in [0.4, 0.5) is 0 Å². The summed E-state index contributed by atoms with van der Waals surface area (Å²) in [5, 5.41) is 10.6. The number of nitrogens with two attached hydrogens (primary N) is 1. The summed E-state index contributed by atoms with van der Waals surface area (Å²) >= 11 is 5.00. The van der Waals surface area contributed by atoms with Gasteiger partial charge >= 0.3 is 0 Å². The number of benzene rings is 1. The molecular formula is C16H24N2O2S. The van der Waals surface area contributed by atoms with Crippen LogP contribution in [0.15, 0.2) is 18.2 Å². The fraction of sp³-hybridized carbons (Fsp3) is 0.562. The maximum Gasteiger partial charge on any atom is 0.103 e. The smallest absolute Gasteiger partial charge is 0.103 e. The van der Waals surface area contributed by atoms with E-state index in [2.05, 4.69) is 17.9 Å². The first kappa shape index (κ1) is 16.4. The lowest BCUT2D eigenvalue weighted by Crippen LogP contribution is -2.45. The largest absolute Gasteiger partial charge is 0.389 e. The van der Waals surface area contributed by atoms with Crippen LogP contribution in [0, 0.1) is 6.92 Å². The Morgan fingerprint density at radius 3 is 2.67 bits per heavy atom. The van der Waals surface area contributed by atoms with Crippen LogP contribution in [-0.4, -0.2) is 47.4 Å². The molecular weight excluding hydrogens is 284 g/mol. The maximum atomic E-state index is 10.6. The Morgan fingerprint density at radius 2 is 2.10 bits per heavy atom. The monoisotopic (exact) mass is 308 g/mol. The molecule has 21 heavy (non-hydrogen) atoms. The van der Waals surface area contributed by atoms with Crippen molar-refractivity contribution in [3.63, 3.8) is 0 Å². The summed E-state index contributed by atoms with van der Waals surface area (Å²) in [7, 11) is 2.04. The highest BCUT2D eigenvalue weighted by Crippen LogP contribution is 2.22. The molecule has 0 atom stereocenters. The van der Waals surface area contributed by atoms with Gasteiger partial charge in [-0.25, -0.2) is 0 Å². The van der Waals surface area contributed by atoms with Crippen LogP contribution in [0.5, 0.6) is 0 Å². The van der Waals surface area contributed by atoms with Gasteiger partial charge < -0.3 is 15.6 Å². The van der Waals surface area contributed by atoms with Crippen molar-refractivity contribution in [2.24, 2.45) is 5.73 Å². The van der Waals surface area contributed by atoms with Crippen LogP contribution in [0.2, 0.25) is 0 Å². The molecule has 0 bridgehead atoms. The SMILES string of the molecule is Cc1cc(C(N)=S)ccc1CN(C)CC1(O)CCOCC1. The third-order valence-corrected chi connectivity index (χ3v) is 4.29. The average molecular weight is 308 g/mol. The van der Waals surface area contributed by atoms with E-state index >= 15 is 0 Å². The molecule has 0 radical (unpaired) electrons. The van der Waals surface area contributed by atoms with Crippen LogP contribution in [0.3, 0.4) is 0 Å². The van der Waals surface area contributed by atoms with E-state index in [0.717, 1.165) is 12.1 Å². The van der Waals surface area contributed by atoms with Gasteiger partial charge in [-0.15, -0.1) is 0 Å². The maximum absolute atomic E-state index is 10.6. The van der Waals surface area contributed by atoms with E-state index in [1.54, 1.807) is 0 Å². The second-order valence-corrected chi connectivity index (χ2v) is 6.45. The van der Waals surface area contributed by atoms with Crippen LogP contribution in [0.1, 0.15) is 29.5 Å². The van der Waals surface area contributed by atoms with Crippen molar-refractivity contribution in [1.29, 1.82) is 0 Å². The van der Waals surface area contributed by atoms with E-state index in [4.69, 9.17) is 22.7 Å². The molecule has 4 nitrogen and oxygen atoms in total. The lowest BCUT2D eigenvalue weighted by Gasteiger charge is -2.35. The van der Waals surface area contributed by atoms with Gasteiger partial charge in [0.25, 0.3) is 0 Å². The zero-order valence-electron chi connectivity index (χ0n) is 12.8. The molecule has 0 amide bonds. The van der Waals surface area contributed by atoms with Crippen molar-refractivity contribution < 1.29 is 9.84 Å². The molecule has 1 aliphatic heterocycles. The summed E-state index contributed by atoms with van der Waals surface area (Å²) in [5.41, 5.74) is 8.33. The number of hydrogen-bond donors (Lipinski definition) is 2. The van der Waals surface area contributed by atoms with Crippen molar-refractivity contribution in [3.05, 3.63) is 34.9 Å². The second kappa shape index (κ2) is 6.83. The Hall–Kier alpha value is -1.01. The highest BCUT2D eigenvalue weighted by atomic mass is 32.1. The normalized spacial score (nSPS) is 17.9. The minimum Gasteiger partial charge on any atom is -0.389 e. The molecule has 1 aliphatic rings. The van der Waals surface area contributed by atoms with Gasteiger partial charge in [0.05, 0.1) is 5.60 Å². The standard InChI is InChI=1S/C16H24N2O2S/c1-12-9-13(15(17)21)3-4-14(12)10-18(2)11-16(19)5-7-20-8-6-16/h3-4,9,19H,5-8,10-11H2,1-2H3,(H2,17,21). The molecule has 0 unspecified atom stereocenters. The minimum absolute atomic E-state index is 0.425. The molecule has 1 heterocycles. The number of aryl methyl sites for hydroxylation is 1. The fourth-order valence-corrected chi connectivity index (χ4v) is 2.91. The van der Waals surface area contributed by atoms with Gasteiger partial charge in [-0.2, -0.15) is 0 Å². The van der Waals surface area contributed by atoms with E-state index in [1.807, 2.05) is 19.2 Å². The van der Waals surface area contributed by atoms with Crippen molar-refractivity contribution >= 4 is 17.2 Å². The Morgan fingerprint density at radius 1 is 1.43 bits per heavy atom. The van der Waals surface area contributed by atoms with E-state index in [0.29, 0.717) is 37.6 Å². The average Bonchev–Trinajstić information content (AvgIpc) is 2.41. The topological polar surface area (TPSA) is 58.7 Å². The molecule has 1 aromatic carbocycles. The Balaban J connectivity index is 1.99. The zero-order valence-corrected chi connectivity index (χ0v) is 13.6. The third kappa shape index (κ3) is 4.48. The molecule has 5 heteroatoms. The Bertz CT molecular complexity index is 513.